The van der Waals surface area contributed by atoms with Gasteiger partial charge in [0, 0.05) is 11.8 Å². The molecule has 1 fully saturated rings. The van der Waals surface area contributed by atoms with E-state index in [4.69, 9.17) is 9.83 Å². The molecule has 5 nitrogen and oxygen atoms in total. The van der Waals surface area contributed by atoms with Crippen LogP contribution in [0, 0.1) is 11.3 Å². The van der Waals surface area contributed by atoms with Crippen LogP contribution in [0.4, 0.5) is 0 Å². The summed E-state index contributed by atoms with van der Waals surface area (Å²) in [5, 5.41) is 11.3. The van der Waals surface area contributed by atoms with Crippen molar-refractivity contribution in [1.82, 2.24) is 5.32 Å². The fourth-order valence-electron chi connectivity index (χ4n) is 2.30. The maximum atomic E-state index is 11.7. The molecular weight excluding hydrogens is 244 g/mol. The van der Waals surface area contributed by atoms with Crippen LogP contribution in [-0.4, -0.2) is 17.5 Å². The van der Waals surface area contributed by atoms with Crippen molar-refractivity contribution in [3.8, 4) is 0 Å². The molecule has 1 saturated heterocycles. The highest BCUT2D eigenvalue weighted by atomic mass is 16.3. The second-order valence-electron chi connectivity index (χ2n) is 4.59. The average molecular weight is 256 g/mol. The van der Waals surface area contributed by atoms with E-state index in [9.17, 15) is 9.59 Å². The monoisotopic (exact) mass is 256 g/mol. The normalized spacial score (nSPS) is 19.5. The molecule has 0 aliphatic carbocycles. The molecule has 2 amide bonds. The van der Waals surface area contributed by atoms with E-state index in [1.165, 1.54) is 0 Å². The molecule has 2 N–H and O–H groups in total. The van der Waals surface area contributed by atoms with Crippen molar-refractivity contribution in [2.75, 3.05) is 0 Å². The van der Waals surface area contributed by atoms with Crippen molar-refractivity contribution >= 4 is 28.5 Å². The number of nitrogens with one attached hydrogen (secondary N) is 2. The lowest BCUT2D eigenvalue weighted by Gasteiger charge is -2.21. The molecule has 1 aromatic carbocycles. The van der Waals surface area contributed by atoms with E-state index in [0.717, 1.165) is 11.0 Å². The van der Waals surface area contributed by atoms with Crippen LogP contribution in [-0.2, 0) is 9.59 Å². The topological polar surface area (TPSA) is 83.2 Å². The van der Waals surface area contributed by atoms with Gasteiger partial charge >= 0.3 is 0 Å². The number of fused-ring (bicyclic) bond motifs is 1. The molecule has 2 heterocycles. The third-order valence-electron chi connectivity index (χ3n) is 3.35. The summed E-state index contributed by atoms with van der Waals surface area (Å²) in [5.41, 5.74) is 1.68. The zero-order chi connectivity index (χ0) is 13.4. The molecule has 1 unspecified atom stereocenters. The number of imide groups is 1. The van der Waals surface area contributed by atoms with Crippen molar-refractivity contribution in [3.63, 3.8) is 0 Å². The van der Waals surface area contributed by atoms with Gasteiger partial charge in [-0.3, -0.25) is 14.9 Å². The molecule has 1 aliphatic rings. The van der Waals surface area contributed by atoms with E-state index in [0.29, 0.717) is 12.0 Å². The molecule has 96 valence electrons. The Balaban J connectivity index is 1.90. The molecule has 1 atom stereocenters. The molecule has 0 spiro atoms. The van der Waals surface area contributed by atoms with E-state index >= 15 is 0 Å². The molecule has 0 saturated carbocycles. The van der Waals surface area contributed by atoms with Gasteiger partial charge in [-0.1, -0.05) is 0 Å². The summed E-state index contributed by atoms with van der Waals surface area (Å²) in [6.45, 7) is 0. The average Bonchev–Trinajstić information content (AvgIpc) is 2.85. The number of furan rings is 1. The molecule has 2 aromatic rings. The Kier molecular flexibility index (Phi) is 2.67. The van der Waals surface area contributed by atoms with Crippen molar-refractivity contribution < 1.29 is 14.0 Å². The van der Waals surface area contributed by atoms with Gasteiger partial charge in [-0.05, 0) is 36.2 Å². The fraction of sp³-hybridized carbons (Fsp3) is 0.214. The zero-order valence-corrected chi connectivity index (χ0v) is 10.1. The fourth-order valence-corrected chi connectivity index (χ4v) is 2.30. The van der Waals surface area contributed by atoms with E-state index < -0.39 is 5.92 Å². The predicted octanol–water partition coefficient (Wildman–Crippen LogP) is 1.85. The minimum absolute atomic E-state index is 0.244. The molecule has 3 rings (SSSR count). The van der Waals surface area contributed by atoms with Crippen LogP contribution < -0.4 is 5.32 Å². The molecule has 5 heteroatoms. The van der Waals surface area contributed by atoms with Gasteiger partial charge < -0.3 is 9.83 Å². The summed E-state index contributed by atoms with van der Waals surface area (Å²) < 4.78 is 5.24. The first kappa shape index (κ1) is 11.6. The number of carbonyl (C=O) groups is 2. The Morgan fingerprint density at radius 3 is 2.95 bits per heavy atom. The largest absolute Gasteiger partial charge is 0.464 e. The van der Waals surface area contributed by atoms with Crippen LogP contribution in [0.25, 0.3) is 11.0 Å². The summed E-state index contributed by atoms with van der Waals surface area (Å²) in [4.78, 5) is 22.8. The third-order valence-corrected chi connectivity index (χ3v) is 3.35. The van der Waals surface area contributed by atoms with E-state index in [-0.39, 0.29) is 23.9 Å². The first-order chi connectivity index (χ1) is 9.15. The molecule has 1 aromatic heterocycles. The van der Waals surface area contributed by atoms with Crippen LogP contribution in [0.3, 0.4) is 0 Å². The van der Waals surface area contributed by atoms with Crippen LogP contribution in [0.1, 0.15) is 18.4 Å². The Morgan fingerprint density at radius 2 is 2.16 bits per heavy atom. The number of carbonyl (C=O) groups excluding carboxylic acids is 2. The maximum absolute atomic E-state index is 11.7. The smallest absolute Gasteiger partial charge is 0.235 e. The van der Waals surface area contributed by atoms with Gasteiger partial charge in [0.2, 0.25) is 11.8 Å². The van der Waals surface area contributed by atoms with Crippen molar-refractivity contribution in [2.24, 2.45) is 5.92 Å². The SMILES string of the molecule is N=C(c1ccc2occc2c1)C1CCC(=O)NC1=O. The highest BCUT2D eigenvalue weighted by Crippen LogP contribution is 2.22. The van der Waals surface area contributed by atoms with Crippen molar-refractivity contribution in [3.05, 3.63) is 36.1 Å². The van der Waals surface area contributed by atoms with Gasteiger partial charge in [0.25, 0.3) is 0 Å². The molecular formula is C14H12N2O3. The summed E-state index contributed by atoms with van der Waals surface area (Å²) in [6.07, 6.45) is 2.27. The first-order valence-corrected chi connectivity index (χ1v) is 6.05. The number of hydrogen-bond donors (Lipinski definition) is 2. The van der Waals surface area contributed by atoms with E-state index in [1.54, 1.807) is 18.4 Å². The second-order valence-corrected chi connectivity index (χ2v) is 4.59. The maximum Gasteiger partial charge on any atom is 0.235 e. The number of benzene rings is 1. The zero-order valence-electron chi connectivity index (χ0n) is 10.1. The summed E-state index contributed by atoms with van der Waals surface area (Å²) in [6, 6.07) is 7.18. The quantitative estimate of drug-likeness (QED) is 0.635. The molecule has 19 heavy (non-hydrogen) atoms. The molecule has 1 aliphatic heterocycles. The lowest BCUT2D eigenvalue weighted by molar-refractivity contribution is -0.134. The lowest BCUT2D eigenvalue weighted by Crippen LogP contribution is -2.43. The van der Waals surface area contributed by atoms with Gasteiger partial charge in [-0.15, -0.1) is 0 Å². The van der Waals surface area contributed by atoms with Gasteiger partial charge in [0.15, 0.2) is 0 Å². The standard InChI is InChI=1S/C14H12N2O3/c15-13(10-2-4-12(17)16-14(10)18)9-1-3-11-8(7-9)5-6-19-11/h1,3,5-7,10,15H,2,4H2,(H,16,17,18). The summed E-state index contributed by atoms with van der Waals surface area (Å²) in [5.74, 6) is -1.20. The number of piperidine rings is 1. The first-order valence-electron chi connectivity index (χ1n) is 6.05. The minimum Gasteiger partial charge on any atom is -0.464 e. The predicted molar refractivity (Wildman–Crippen MR) is 68.9 cm³/mol. The second kappa shape index (κ2) is 4.35. The molecule has 0 bridgehead atoms. The van der Waals surface area contributed by atoms with Crippen molar-refractivity contribution in [1.29, 1.82) is 5.41 Å². The highest BCUT2D eigenvalue weighted by molar-refractivity contribution is 6.16. The van der Waals surface area contributed by atoms with Gasteiger partial charge in [0.1, 0.15) is 5.58 Å². The number of hydrogen-bond acceptors (Lipinski definition) is 4. The lowest BCUT2D eigenvalue weighted by atomic mass is 9.89. The Hall–Kier alpha value is -2.43. The Morgan fingerprint density at radius 1 is 1.32 bits per heavy atom. The van der Waals surface area contributed by atoms with E-state index in [1.807, 2.05) is 12.1 Å². The van der Waals surface area contributed by atoms with E-state index in [2.05, 4.69) is 5.32 Å². The Bertz CT molecular complexity index is 687. The number of amides is 2. The third kappa shape index (κ3) is 2.03. The Labute approximate surface area is 109 Å². The van der Waals surface area contributed by atoms with Gasteiger partial charge in [-0.2, -0.15) is 0 Å². The summed E-state index contributed by atoms with van der Waals surface area (Å²) in [7, 11) is 0. The summed E-state index contributed by atoms with van der Waals surface area (Å²) >= 11 is 0. The van der Waals surface area contributed by atoms with Crippen LogP contribution in [0.5, 0.6) is 0 Å². The minimum atomic E-state index is -0.554. The van der Waals surface area contributed by atoms with Gasteiger partial charge in [-0.25, -0.2) is 0 Å². The van der Waals surface area contributed by atoms with Gasteiger partial charge in [0.05, 0.1) is 17.9 Å². The van der Waals surface area contributed by atoms with Crippen LogP contribution in [0.2, 0.25) is 0 Å². The van der Waals surface area contributed by atoms with Crippen molar-refractivity contribution in [2.45, 2.75) is 12.8 Å². The number of rotatable bonds is 2. The van der Waals surface area contributed by atoms with Crippen LogP contribution in [0.15, 0.2) is 34.9 Å². The van der Waals surface area contributed by atoms with Crippen LogP contribution >= 0.6 is 0 Å². The highest BCUT2D eigenvalue weighted by Gasteiger charge is 2.30. The molecule has 0 radical (unpaired) electrons.